The number of hydrogen-bond acceptors (Lipinski definition) is 1. The van der Waals surface area contributed by atoms with Gasteiger partial charge >= 0.3 is 26.0 Å². The van der Waals surface area contributed by atoms with Gasteiger partial charge in [-0.1, -0.05) is 0 Å². The van der Waals surface area contributed by atoms with E-state index < -0.39 is 0 Å². The predicted molar refractivity (Wildman–Crippen MR) is 12.2 cm³/mol. The summed E-state index contributed by atoms with van der Waals surface area (Å²) in [5, 5.41) is 0. The first-order chi connectivity index (χ1) is 1.00. The van der Waals surface area contributed by atoms with Crippen molar-refractivity contribution in [2.24, 2.45) is 0 Å². The molecule has 0 aliphatic heterocycles. The minimum atomic E-state index is 0. The molecule has 0 fully saturated rings. The maximum atomic E-state index is 8.30. The van der Waals surface area contributed by atoms with Gasteiger partial charge in [0, 0.05) is 53.1 Å². The van der Waals surface area contributed by atoms with E-state index in [1.807, 2.05) is 0 Å². The van der Waals surface area contributed by atoms with Gasteiger partial charge in [-0.2, -0.15) is 0 Å². The average Bonchev–Trinajstić information content (AvgIpc) is 1.00. The summed E-state index contributed by atoms with van der Waals surface area (Å²) in [6, 6.07) is 0. The van der Waals surface area contributed by atoms with Gasteiger partial charge in [0.1, 0.15) is 0 Å². The van der Waals surface area contributed by atoms with E-state index >= 15 is 0 Å². The van der Waals surface area contributed by atoms with E-state index in [1.54, 1.807) is 0 Å². The van der Waals surface area contributed by atoms with E-state index in [0.717, 1.165) is 0 Å². The van der Waals surface area contributed by atoms with Crippen molar-refractivity contribution in [3.05, 3.63) is 0 Å². The molecule has 4 heteroatoms. The predicted octanol–water partition coefficient (Wildman–Crippen LogP) is -0.883. The molecule has 0 aliphatic rings. The molecule has 0 aromatic heterocycles. The van der Waals surface area contributed by atoms with E-state index in [4.69, 9.17) is 3.02 Å². The molecule has 0 aliphatic carbocycles. The minimum absolute atomic E-state index is 0. The van der Waals surface area contributed by atoms with Gasteiger partial charge in [0.25, 0.3) is 0 Å². The first-order valence-electron chi connectivity index (χ1n) is 0.183. The molecule has 0 aromatic rings. The molecule has 0 aromatic carbocycles. The first kappa shape index (κ1) is 16.1. The summed E-state index contributed by atoms with van der Waals surface area (Å²) in [6.45, 7) is 0. The van der Waals surface area contributed by atoms with Crippen molar-refractivity contribution in [1.29, 1.82) is 0 Å². The summed E-state index contributed by atoms with van der Waals surface area (Å²) < 4.78 is 8.30. The second kappa shape index (κ2) is 18.1. The Hall–Kier alpha value is 2.41. The van der Waals surface area contributed by atoms with Gasteiger partial charge in [0.2, 0.25) is 0 Å². The van der Waals surface area contributed by atoms with Gasteiger partial charge in [-0.25, -0.2) is 0 Å². The fourth-order valence-corrected chi connectivity index (χ4v) is 0. The first-order valence-corrected chi connectivity index (χ1v) is 1.22. The van der Waals surface area contributed by atoms with Crippen LogP contribution in [0.15, 0.2) is 0 Å². The van der Waals surface area contributed by atoms with Crippen LogP contribution in [-0.4, -0.2) is 48.9 Å². The molecule has 0 rings (SSSR count). The van der Waals surface area contributed by atoms with Gasteiger partial charge < -0.3 is 0 Å². The molecule has 0 bridgehead atoms. The SMILES string of the molecule is [Cd].[In].[O]=[Sb]. The van der Waals surface area contributed by atoms with Gasteiger partial charge in [-0.05, 0) is 0 Å². The molecule has 4 heavy (non-hydrogen) atoms. The van der Waals surface area contributed by atoms with Crippen molar-refractivity contribution < 1.29 is 30.3 Å². The topological polar surface area (TPSA) is 17.1 Å². The summed E-state index contributed by atoms with van der Waals surface area (Å²) >= 11 is 0.500. The average molecular weight is 365 g/mol. The Balaban J connectivity index is -0.00000000500. The molecule has 1 nitrogen and oxygen atoms in total. The zero-order valence-electron chi connectivity index (χ0n) is 2.14. The molecule has 0 atom stereocenters. The zero-order chi connectivity index (χ0) is 2.00. The molecule has 0 heterocycles. The van der Waals surface area contributed by atoms with E-state index in [9.17, 15) is 0 Å². The number of hydrogen-bond donors (Lipinski definition) is 0. The van der Waals surface area contributed by atoms with Gasteiger partial charge in [0.05, 0.1) is 0 Å². The third-order valence-electron chi connectivity index (χ3n) is 0. The molecular formula is CdInOSb. The standard InChI is InChI=1S/Cd.In.O.Sb. The Morgan fingerprint density at radius 1 is 1.25 bits per heavy atom. The normalized spacial score (nSPS) is 1.00. The van der Waals surface area contributed by atoms with Gasteiger partial charge in [-0.3, -0.25) is 0 Å². The van der Waals surface area contributed by atoms with Crippen LogP contribution in [0.25, 0.3) is 0 Å². The molecule has 0 saturated carbocycles. The molecule has 4 radical (unpaired) electrons. The van der Waals surface area contributed by atoms with E-state index in [0.29, 0.717) is 23.0 Å². The summed E-state index contributed by atoms with van der Waals surface area (Å²) in [4.78, 5) is 0. The van der Waals surface area contributed by atoms with E-state index in [1.165, 1.54) is 0 Å². The summed E-state index contributed by atoms with van der Waals surface area (Å²) in [7, 11) is 0. The monoisotopic (exact) mass is 366 g/mol. The number of rotatable bonds is 0. The van der Waals surface area contributed by atoms with Crippen LogP contribution in [0, 0.1) is 0 Å². The van der Waals surface area contributed by atoms with Crippen molar-refractivity contribution in [2.45, 2.75) is 0 Å². The molecule has 16 valence electrons. The van der Waals surface area contributed by atoms with Crippen molar-refractivity contribution in [1.82, 2.24) is 0 Å². The third-order valence-corrected chi connectivity index (χ3v) is 0. The van der Waals surface area contributed by atoms with Crippen LogP contribution in [0.2, 0.25) is 0 Å². The van der Waals surface area contributed by atoms with Crippen LogP contribution in [-0.2, 0) is 30.3 Å². The molecule has 0 unspecified atom stereocenters. The van der Waals surface area contributed by atoms with Crippen LogP contribution < -0.4 is 0 Å². The van der Waals surface area contributed by atoms with Crippen LogP contribution in [0.4, 0.5) is 0 Å². The molecule has 0 spiro atoms. The van der Waals surface area contributed by atoms with E-state index in [2.05, 4.69) is 0 Å². The zero-order valence-corrected chi connectivity index (χ0v) is 12.0. The Morgan fingerprint density at radius 3 is 1.25 bits per heavy atom. The van der Waals surface area contributed by atoms with Crippen molar-refractivity contribution in [3.8, 4) is 0 Å². The fraction of sp³-hybridized carbons (Fsp3) is 0. The quantitative estimate of drug-likeness (QED) is 0.510. The molecule has 0 saturated heterocycles. The molecule has 0 amide bonds. The summed E-state index contributed by atoms with van der Waals surface area (Å²) in [6.07, 6.45) is 0. The van der Waals surface area contributed by atoms with Crippen LogP contribution in [0.5, 0.6) is 0 Å². The van der Waals surface area contributed by atoms with Gasteiger partial charge in [-0.15, -0.1) is 0 Å². The molecular weight excluding hydrogens is 365 g/mol. The fourth-order valence-electron chi connectivity index (χ4n) is 0. The Labute approximate surface area is 77.7 Å². The maximum absolute atomic E-state index is 8.30. The van der Waals surface area contributed by atoms with E-state index in [-0.39, 0.29) is 53.1 Å². The third kappa shape index (κ3) is 8.83. The summed E-state index contributed by atoms with van der Waals surface area (Å²) in [5.41, 5.74) is 0. The van der Waals surface area contributed by atoms with Crippen molar-refractivity contribution >= 4 is 48.9 Å². The molecule has 0 N–H and O–H groups in total. The summed E-state index contributed by atoms with van der Waals surface area (Å²) in [5.74, 6) is 0. The Bertz CT molecular complexity index is 8.00. The van der Waals surface area contributed by atoms with Crippen molar-refractivity contribution in [3.63, 3.8) is 0 Å². The van der Waals surface area contributed by atoms with Crippen molar-refractivity contribution in [2.75, 3.05) is 0 Å². The van der Waals surface area contributed by atoms with Crippen LogP contribution in [0.3, 0.4) is 0 Å². The Kier molecular flexibility index (Phi) is 73.1. The van der Waals surface area contributed by atoms with Crippen LogP contribution >= 0.6 is 0 Å². The Morgan fingerprint density at radius 2 is 1.25 bits per heavy atom. The van der Waals surface area contributed by atoms with Gasteiger partial charge in [0.15, 0.2) is 0 Å². The second-order valence-corrected chi connectivity index (χ2v) is 0. The van der Waals surface area contributed by atoms with Crippen LogP contribution in [0.1, 0.15) is 0 Å². The second-order valence-electron chi connectivity index (χ2n) is 0.